The van der Waals surface area contributed by atoms with Gasteiger partial charge in [0.05, 0.1) is 17.6 Å². The molecule has 1 aromatic heterocycles. The number of rotatable bonds is 4. The lowest BCUT2D eigenvalue weighted by Crippen LogP contribution is -2.11. The Morgan fingerprint density at radius 3 is 2.42 bits per heavy atom. The van der Waals surface area contributed by atoms with Crippen molar-refractivity contribution in [2.75, 3.05) is 12.4 Å². The Hall–Kier alpha value is -2.99. The Morgan fingerprint density at radius 2 is 1.77 bits per heavy atom. The lowest BCUT2D eigenvalue weighted by Gasteiger charge is -2.09. The lowest BCUT2D eigenvalue weighted by molar-refractivity contribution is 0.0600. The first kappa shape index (κ1) is 17.8. The van der Waals surface area contributed by atoms with Crippen molar-refractivity contribution in [1.29, 1.82) is 0 Å². The third-order valence-electron chi connectivity index (χ3n) is 3.85. The van der Waals surface area contributed by atoms with Gasteiger partial charge in [-0.25, -0.2) is 9.18 Å². The fourth-order valence-corrected chi connectivity index (χ4v) is 3.37. The SMILES string of the molecule is COC(=O)c1ccc(NC(=O)c2ccc(-c3ccc(F)cc3)s2)c(C)c1. The maximum atomic E-state index is 13.0. The number of anilines is 1. The molecule has 0 saturated heterocycles. The second kappa shape index (κ2) is 7.49. The van der Waals surface area contributed by atoms with Crippen LogP contribution in [0.1, 0.15) is 25.6 Å². The molecule has 0 spiro atoms. The molecule has 1 N–H and O–H groups in total. The van der Waals surface area contributed by atoms with Gasteiger partial charge >= 0.3 is 5.97 Å². The molecule has 0 unspecified atom stereocenters. The van der Waals surface area contributed by atoms with E-state index in [1.165, 1.54) is 30.6 Å². The summed E-state index contributed by atoms with van der Waals surface area (Å²) in [7, 11) is 1.32. The van der Waals surface area contributed by atoms with Crippen molar-refractivity contribution >= 4 is 28.9 Å². The minimum absolute atomic E-state index is 0.239. The summed E-state index contributed by atoms with van der Waals surface area (Å²) < 4.78 is 17.7. The molecular formula is C20H16FNO3S. The van der Waals surface area contributed by atoms with E-state index in [0.717, 1.165) is 16.0 Å². The third kappa shape index (κ3) is 3.81. The quantitative estimate of drug-likeness (QED) is 0.666. The Morgan fingerprint density at radius 1 is 1.04 bits per heavy atom. The highest BCUT2D eigenvalue weighted by molar-refractivity contribution is 7.17. The van der Waals surface area contributed by atoms with Gasteiger partial charge < -0.3 is 10.1 Å². The molecule has 26 heavy (non-hydrogen) atoms. The van der Waals surface area contributed by atoms with Crippen LogP contribution in [0.3, 0.4) is 0 Å². The van der Waals surface area contributed by atoms with Crippen LogP contribution in [0, 0.1) is 12.7 Å². The molecule has 132 valence electrons. The van der Waals surface area contributed by atoms with Gasteiger partial charge in [-0.15, -0.1) is 11.3 Å². The van der Waals surface area contributed by atoms with E-state index in [1.807, 2.05) is 6.07 Å². The van der Waals surface area contributed by atoms with Gasteiger partial charge in [-0.1, -0.05) is 12.1 Å². The van der Waals surface area contributed by atoms with E-state index in [0.29, 0.717) is 16.1 Å². The molecule has 0 fully saturated rings. The molecule has 3 rings (SSSR count). The van der Waals surface area contributed by atoms with Crippen LogP contribution in [-0.2, 0) is 4.74 Å². The Balaban J connectivity index is 1.76. The highest BCUT2D eigenvalue weighted by atomic mass is 32.1. The summed E-state index contributed by atoms with van der Waals surface area (Å²) in [5.74, 6) is -0.959. The fourth-order valence-electron chi connectivity index (χ4n) is 2.46. The monoisotopic (exact) mass is 369 g/mol. The van der Waals surface area contributed by atoms with Crippen molar-refractivity contribution in [3.05, 3.63) is 76.4 Å². The van der Waals surface area contributed by atoms with Gasteiger partial charge in [0, 0.05) is 10.6 Å². The van der Waals surface area contributed by atoms with Crippen molar-refractivity contribution in [2.24, 2.45) is 0 Å². The fraction of sp³-hybridized carbons (Fsp3) is 0.100. The molecule has 0 aliphatic carbocycles. The minimum atomic E-state index is -0.423. The van der Waals surface area contributed by atoms with E-state index in [-0.39, 0.29) is 11.7 Å². The summed E-state index contributed by atoms with van der Waals surface area (Å²) in [4.78, 5) is 25.5. The first-order valence-corrected chi connectivity index (χ1v) is 8.65. The number of hydrogen-bond acceptors (Lipinski definition) is 4. The molecule has 6 heteroatoms. The second-order valence-corrected chi connectivity index (χ2v) is 6.73. The van der Waals surface area contributed by atoms with Gasteiger partial charge in [-0.2, -0.15) is 0 Å². The molecule has 0 radical (unpaired) electrons. The molecule has 0 aliphatic rings. The average Bonchev–Trinajstić information content (AvgIpc) is 3.13. The number of esters is 1. The summed E-state index contributed by atoms with van der Waals surface area (Å²) in [6.45, 7) is 1.81. The number of aryl methyl sites for hydroxylation is 1. The molecular weight excluding hydrogens is 353 g/mol. The van der Waals surface area contributed by atoms with Gasteiger partial charge in [0.25, 0.3) is 5.91 Å². The van der Waals surface area contributed by atoms with Crippen LogP contribution in [0.2, 0.25) is 0 Å². The number of ether oxygens (including phenoxy) is 1. The predicted octanol–water partition coefficient (Wildman–Crippen LogP) is 4.90. The van der Waals surface area contributed by atoms with Crippen LogP contribution < -0.4 is 5.32 Å². The Bertz CT molecular complexity index is 963. The molecule has 0 atom stereocenters. The zero-order chi connectivity index (χ0) is 18.7. The van der Waals surface area contributed by atoms with E-state index >= 15 is 0 Å². The second-order valence-electron chi connectivity index (χ2n) is 5.65. The van der Waals surface area contributed by atoms with Crippen molar-refractivity contribution in [3.63, 3.8) is 0 Å². The van der Waals surface area contributed by atoms with Crippen molar-refractivity contribution < 1.29 is 18.7 Å². The number of methoxy groups -OCH3 is 1. The number of benzene rings is 2. The normalized spacial score (nSPS) is 10.4. The maximum absolute atomic E-state index is 13.0. The number of thiophene rings is 1. The van der Waals surface area contributed by atoms with Gasteiger partial charge in [0.15, 0.2) is 0 Å². The van der Waals surface area contributed by atoms with E-state index < -0.39 is 5.97 Å². The van der Waals surface area contributed by atoms with E-state index in [2.05, 4.69) is 10.1 Å². The lowest BCUT2D eigenvalue weighted by atomic mass is 10.1. The van der Waals surface area contributed by atoms with E-state index in [9.17, 15) is 14.0 Å². The van der Waals surface area contributed by atoms with Crippen molar-refractivity contribution in [1.82, 2.24) is 0 Å². The first-order valence-electron chi connectivity index (χ1n) is 7.84. The maximum Gasteiger partial charge on any atom is 0.337 e. The van der Waals surface area contributed by atoms with Gasteiger partial charge in [0.1, 0.15) is 5.82 Å². The van der Waals surface area contributed by atoms with Crippen LogP contribution in [0.4, 0.5) is 10.1 Å². The summed E-state index contributed by atoms with van der Waals surface area (Å²) >= 11 is 1.33. The number of halogens is 1. The molecule has 3 aromatic rings. The van der Waals surface area contributed by atoms with E-state index in [1.54, 1.807) is 43.3 Å². The molecule has 4 nitrogen and oxygen atoms in total. The number of carbonyl (C=O) groups excluding carboxylic acids is 2. The number of carbonyl (C=O) groups is 2. The summed E-state index contributed by atoms with van der Waals surface area (Å²) in [5, 5.41) is 2.84. The van der Waals surface area contributed by atoms with Crippen LogP contribution >= 0.6 is 11.3 Å². The highest BCUT2D eigenvalue weighted by Crippen LogP contribution is 2.29. The van der Waals surface area contributed by atoms with Gasteiger partial charge in [0.2, 0.25) is 0 Å². The zero-order valence-corrected chi connectivity index (χ0v) is 15.0. The average molecular weight is 369 g/mol. The molecule has 0 saturated carbocycles. The number of hydrogen-bond donors (Lipinski definition) is 1. The topological polar surface area (TPSA) is 55.4 Å². The number of nitrogens with one attached hydrogen (secondary N) is 1. The highest BCUT2D eigenvalue weighted by Gasteiger charge is 2.13. The first-order chi connectivity index (χ1) is 12.5. The predicted molar refractivity (Wildman–Crippen MR) is 100 cm³/mol. The molecule has 1 amide bonds. The third-order valence-corrected chi connectivity index (χ3v) is 4.99. The largest absolute Gasteiger partial charge is 0.465 e. The Kier molecular flexibility index (Phi) is 5.14. The van der Waals surface area contributed by atoms with Crippen LogP contribution in [0.5, 0.6) is 0 Å². The van der Waals surface area contributed by atoms with E-state index in [4.69, 9.17) is 0 Å². The minimum Gasteiger partial charge on any atom is -0.465 e. The summed E-state index contributed by atoms with van der Waals surface area (Å²) in [6.07, 6.45) is 0. The summed E-state index contributed by atoms with van der Waals surface area (Å²) in [5.41, 5.74) is 2.67. The molecule has 2 aromatic carbocycles. The molecule has 0 aliphatic heterocycles. The number of amides is 1. The molecule has 1 heterocycles. The van der Waals surface area contributed by atoms with Gasteiger partial charge in [-0.3, -0.25) is 4.79 Å². The van der Waals surface area contributed by atoms with Gasteiger partial charge in [-0.05, 0) is 60.5 Å². The van der Waals surface area contributed by atoms with Crippen LogP contribution in [-0.4, -0.2) is 19.0 Å². The standard InChI is InChI=1S/C20H16FNO3S/c1-12-11-14(20(24)25-2)5-8-16(12)22-19(23)18-10-9-17(26-18)13-3-6-15(21)7-4-13/h3-11H,1-2H3,(H,22,23). The Labute approximate surface area is 154 Å². The zero-order valence-electron chi connectivity index (χ0n) is 14.2. The van der Waals surface area contributed by atoms with Crippen LogP contribution in [0.15, 0.2) is 54.6 Å². The molecule has 0 bridgehead atoms. The van der Waals surface area contributed by atoms with Crippen LogP contribution in [0.25, 0.3) is 10.4 Å². The van der Waals surface area contributed by atoms with Crippen molar-refractivity contribution in [2.45, 2.75) is 6.92 Å². The van der Waals surface area contributed by atoms with Crippen molar-refractivity contribution in [3.8, 4) is 10.4 Å². The smallest absolute Gasteiger partial charge is 0.337 e. The summed E-state index contributed by atoms with van der Waals surface area (Å²) in [6, 6.07) is 14.6.